The van der Waals surface area contributed by atoms with E-state index in [1.807, 2.05) is 48.5 Å². The van der Waals surface area contributed by atoms with E-state index in [0.717, 1.165) is 25.7 Å². The Morgan fingerprint density at radius 1 is 0.600 bits per heavy atom. The number of nitrogens with one attached hydrogen (secondary N) is 2. The second-order valence-electron chi connectivity index (χ2n) is 8.48. The first-order valence-corrected chi connectivity index (χ1v) is 11.1. The van der Waals surface area contributed by atoms with Crippen LogP contribution in [0.4, 0.5) is 0 Å². The topological polar surface area (TPSA) is 58.2 Å². The van der Waals surface area contributed by atoms with E-state index in [-0.39, 0.29) is 11.8 Å². The minimum atomic E-state index is -0.0129. The zero-order valence-electron chi connectivity index (χ0n) is 18.8. The van der Waals surface area contributed by atoms with Crippen LogP contribution in [0.3, 0.4) is 0 Å². The highest BCUT2D eigenvalue weighted by Crippen LogP contribution is 2.15. The van der Waals surface area contributed by atoms with Crippen LogP contribution in [0.25, 0.3) is 0 Å². The Kier molecular flexibility index (Phi) is 9.59. The van der Waals surface area contributed by atoms with Gasteiger partial charge in [-0.2, -0.15) is 0 Å². The summed E-state index contributed by atoms with van der Waals surface area (Å²) in [4.78, 5) is 24.3. The second-order valence-corrected chi connectivity index (χ2v) is 8.48. The Morgan fingerprint density at radius 3 is 1.23 bits per heavy atom. The molecular weight excluding hydrogens is 372 g/mol. The monoisotopic (exact) mass is 408 g/mol. The van der Waals surface area contributed by atoms with Gasteiger partial charge in [-0.05, 0) is 60.1 Å². The number of carbonyl (C=O) groups excluding carboxylic acids is 2. The summed E-state index contributed by atoms with van der Waals surface area (Å²) < 4.78 is 0. The van der Waals surface area contributed by atoms with Crippen LogP contribution in [-0.4, -0.2) is 24.9 Å². The maximum Gasteiger partial charge on any atom is 0.251 e. The SMILES string of the molecule is CC(C)c1ccc(C(=O)NCCCCCCNC(=O)c2ccc(C(C)C)cc2)cc1. The molecule has 0 atom stereocenters. The van der Waals surface area contributed by atoms with Gasteiger partial charge in [-0.25, -0.2) is 0 Å². The minimum Gasteiger partial charge on any atom is -0.352 e. The van der Waals surface area contributed by atoms with Crippen molar-refractivity contribution in [2.75, 3.05) is 13.1 Å². The summed E-state index contributed by atoms with van der Waals surface area (Å²) >= 11 is 0. The molecule has 0 aromatic heterocycles. The quantitative estimate of drug-likeness (QED) is 0.472. The molecule has 0 aliphatic heterocycles. The molecule has 0 saturated carbocycles. The highest BCUT2D eigenvalue weighted by atomic mass is 16.2. The van der Waals surface area contributed by atoms with Crippen molar-refractivity contribution in [3.8, 4) is 0 Å². The van der Waals surface area contributed by atoms with E-state index < -0.39 is 0 Å². The average Bonchev–Trinajstić information content (AvgIpc) is 2.75. The van der Waals surface area contributed by atoms with E-state index in [4.69, 9.17) is 0 Å². The zero-order chi connectivity index (χ0) is 21.9. The van der Waals surface area contributed by atoms with Gasteiger partial charge in [-0.15, -0.1) is 0 Å². The second kappa shape index (κ2) is 12.2. The molecule has 2 rings (SSSR count). The van der Waals surface area contributed by atoms with Gasteiger partial charge in [0.1, 0.15) is 0 Å². The Hall–Kier alpha value is -2.62. The molecule has 2 amide bonds. The molecule has 0 spiro atoms. The van der Waals surface area contributed by atoms with Crippen LogP contribution in [0.15, 0.2) is 48.5 Å². The Labute approximate surface area is 181 Å². The molecular formula is C26H36N2O2. The standard InChI is InChI=1S/C26H36N2O2/c1-19(2)21-9-13-23(14-10-21)25(29)27-17-7-5-6-8-18-28-26(30)24-15-11-22(12-16-24)20(3)4/h9-16,19-20H,5-8,17-18H2,1-4H3,(H,27,29)(H,28,30). The van der Waals surface area contributed by atoms with E-state index in [1.54, 1.807) is 0 Å². The van der Waals surface area contributed by atoms with Gasteiger partial charge in [-0.1, -0.05) is 64.8 Å². The normalized spacial score (nSPS) is 11.0. The molecule has 30 heavy (non-hydrogen) atoms. The predicted octanol–water partition coefficient (Wildman–Crippen LogP) is 5.65. The van der Waals surface area contributed by atoms with Crippen molar-refractivity contribution in [1.82, 2.24) is 10.6 Å². The Morgan fingerprint density at radius 2 is 0.933 bits per heavy atom. The van der Waals surface area contributed by atoms with Crippen LogP contribution in [0.2, 0.25) is 0 Å². The maximum absolute atomic E-state index is 12.2. The summed E-state index contributed by atoms with van der Waals surface area (Å²) in [6, 6.07) is 15.7. The predicted molar refractivity (Wildman–Crippen MR) is 124 cm³/mol. The van der Waals surface area contributed by atoms with Gasteiger partial charge in [0.05, 0.1) is 0 Å². The Balaban J connectivity index is 1.55. The summed E-state index contributed by atoms with van der Waals surface area (Å²) in [7, 11) is 0. The fraction of sp³-hybridized carbons (Fsp3) is 0.462. The van der Waals surface area contributed by atoms with Gasteiger partial charge in [0.15, 0.2) is 0 Å². The lowest BCUT2D eigenvalue weighted by molar-refractivity contribution is 0.0943. The lowest BCUT2D eigenvalue weighted by atomic mass is 10.0. The number of benzene rings is 2. The third kappa shape index (κ3) is 7.66. The van der Waals surface area contributed by atoms with Crippen molar-refractivity contribution in [1.29, 1.82) is 0 Å². The van der Waals surface area contributed by atoms with Crippen molar-refractivity contribution in [3.05, 3.63) is 70.8 Å². The molecule has 0 saturated heterocycles. The molecule has 2 aromatic carbocycles. The number of carbonyl (C=O) groups is 2. The van der Waals surface area contributed by atoms with Crippen molar-refractivity contribution in [2.24, 2.45) is 0 Å². The van der Waals surface area contributed by atoms with Crippen molar-refractivity contribution >= 4 is 11.8 Å². The Bertz CT molecular complexity index is 723. The van der Waals surface area contributed by atoms with Gasteiger partial charge >= 0.3 is 0 Å². The van der Waals surface area contributed by atoms with Gasteiger partial charge in [-0.3, -0.25) is 9.59 Å². The summed E-state index contributed by atoms with van der Waals surface area (Å²) in [5, 5.41) is 5.96. The van der Waals surface area contributed by atoms with Crippen molar-refractivity contribution in [2.45, 2.75) is 65.2 Å². The first kappa shape index (κ1) is 23.7. The minimum absolute atomic E-state index is 0.0129. The van der Waals surface area contributed by atoms with E-state index >= 15 is 0 Å². The number of rotatable bonds is 11. The molecule has 0 fully saturated rings. The fourth-order valence-electron chi connectivity index (χ4n) is 3.25. The summed E-state index contributed by atoms with van der Waals surface area (Å²) in [5.74, 6) is 0.914. The number of unbranched alkanes of at least 4 members (excludes halogenated alkanes) is 3. The first-order valence-electron chi connectivity index (χ1n) is 11.1. The number of amides is 2. The molecule has 162 valence electrons. The first-order chi connectivity index (χ1) is 14.4. The van der Waals surface area contributed by atoms with Crippen LogP contribution in [0, 0.1) is 0 Å². The molecule has 0 radical (unpaired) electrons. The molecule has 0 aliphatic rings. The van der Waals surface area contributed by atoms with Crippen LogP contribution < -0.4 is 10.6 Å². The highest BCUT2D eigenvalue weighted by Gasteiger charge is 2.07. The molecule has 4 heteroatoms. The van der Waals surface area contributed by atoms with E-state index in [9.17, 15) is 9.59 Å². The van der Waals surface area contributed by atoms with Gasteiger partial charge in [0.25, 0.3) is 11.8 Å². The maximum atomic E-state index is 12.2. The van der Waals surface area contributed by atoms with Crippen LogP contribution in [0.5, 0.6) is 0 Å². The van der Waals surface area contributed by atoms with E-state index in [2.05, 4.69) is 38.3 Å². The molecule has 2 N–H and O–H groups in total. The van der Waals surface area contributed by atoms with Crippen molar-refractivity contribution in [3.63, 3.8) is 0 Å². The third-order valence-electron chi connectivity index (χ3n) is 5.35. The van der Waals surface area contributed by atoms with Gasteiger partial charge < -0.3 is 10.6 Å². The molecule has 0 heterocycles. The third-order valence-corrected chi connectivity index (χ3v) is 5.35. The highest BCUT2D eigenvalue weighted by molar-refractivity contribution is 5.94. The van der Waals surface area contributed by atoms with Gasteiger partial charge in [0.2, 0.25) is 0 Å². The molecule has 0 bridgehead atoms. The molecule has 4 nitrogen and oxygen atoms in total. The summed E-state index contributed by atoms with van der Waals surface area (Å²) in [6.07, 6.45) is 3.96. The molecule has 2 aromatic rings. The van der Waals surface area contributed by atoms with Crippen molar-refractivity contribution < 1.29 is 9.59 Å². The average molecular weight is 409 g/mol. The van der Waals surface area contributed by atoms with Crippen LogP contribution in [0.1, 0.15) is 97.1 Å². The smallest absolute Gasteiger partial charge is 0.251 e. The number of hydrogen-bond acceptors (Lipinski definition) is 2. The van der Waals surface area contributed by atoms with Crippen LogP contribution >= 0.6 is 0 Å². The molecule has 0 aliphatic carbocycles. The summed E-state index contributed by atoms with van der Waals surface area (Å²) in [6.45, 7) is 9.93. The van der Waals surface area contributed by atoms with E-state index in [1.165, 1.54) is 11.1 Å². The van der Waals surface area contributed by atoms with E-state index in [0.29, 0.717) is 36.1 Å². The zero-order valence-corrected chi connectivity index (χ0v) is 18.8. The summed E-state index contributed by atoms with van der Waals surface area (Å²) in [5.41, 5.74) is 3.91. The van der Waals surface area contributed by atoms with Gasteiger partial charge in [0, 0.05) is 24.2 Å². The largest absolute Gasteiger partial charge is 0.352 e. The van der Waals surface area contributed by atoms with Crippen LogP contribution in [-0.2, 0) is 0 Å². The number of hydrogen-bond donors (Lipinski definition) is 2. The fourth-order valence-corrected chi connectivity index (χ4v) is 3.25. The lowest BCUT2D eigenvalue weighted by Crippen LogP contribution is -2.25. The lowest BCUT2D eigenvalue weighted by Gasteiger charge is -2.09. The molecule has 0 unspecified atom stereocenters.